The van der Waals surface area contributed by atoms with E-state index in [9.17, 15) is 14.3 Å². The number of halogens is 4. The third kappa shape index (κ3) is 5.41. The van der Waals surface area contributed by atoms with Crippen LogP contribution in [0.1, 0.15) is 29.5 Å². The van der Waals surface area contributed by atoms with Crippen LogP contribution >= 0.6 is 34.8 Å². The van der Waals surface area contributed by atoms with Crippen LogP contribution in [0.25, 0.3) is 5.70 Å². The average Bonchev–Trinajstić information content (AvgIpc) is 3.72. The number of hydrogen-bond acceptors (Lipinski definition) is 7. The number of β-amino-alcohol motifs (C(OH)–C–C–N with tert-alkyl or cyclic N) is 1. The predicted molar refractivity (Wildman–Crippen MR) is 147 cm³/mol. The summed E-state index contributed by atoms with van der Waals surface area (Å²) < 4.78 is 20.2. The number of nitrogens with two attached hydrogens (primary N) is 1. The summed E-state index contributed by atoms with van der Waals surface area (Å²) in [7, 11) is 0. The van der Waals surface area contributed by atoms with Crippen molar-refractivity contribution in [2.24, 2.45) is 11.7 Å². The second-order valence-corrected chi connectivity index (χ2v) is 10.8. The monoisotopic (exact) mass is 586 g/mol. The van der Waals surface area contributed by atoms with E-state index >= 15 is 0 Å². The van der Waals surface area contributed by atoms with E-state index < -0.39 is 11.4 Å². The fourth-order valence-electron chi connectivity index (χ4n) is 4.53. The van der Waals surface area contributed by atoms with E-state index in [-0.39, 0.29) is 59.1 Å². The lowest BCUT2D eigenvalue weighted by molar-refractivity contribution is -0.116. The smallest absolute Gasteiger partial charge is 0.167 e. The van der Waals surface area contributed by atoms with Crippen LogP contribution in [0.2, 0.25) is 15.1 Å². The largest absolute Gasteiger partial charge is 0.489 e. The third-order valence-corrected chi connectivity index (χ3v) is 7.73. The summed E-state index contributed by atoms with van der Waals surface area (Å²) in [5, 5.41) is 20.9. The number of benzene rings is 2. The van der Waals surface area contributed by atoms with Crippen molar-refractivity contribution in [3.63, 3.8) is 0 Å². The van der Waals surface area contributed by atoms with E-state index in [2.05, 4.69) is 4.98 Å². The Labute approximate surface area is 239 Å². The van der Waals surface area contributed by atoms with E-state index in [4.69, 9.17) is 50.5 Å². The number of hydrogen-bond donors (Lipinski definition) is 2. The van der Waals surface area contributed by atoms with Crippen LogP contribution in [0.15, 0.2) is 54.2 Å². The molecule has 39 heavy (non-hydrogen) atoms. The van der Waals surface area contributed by atoms with E-state index in [0.717, 1.165) is 18.9 Å². The predicted octanol–water partition coefficient (Wildman–Crippen LogP) is 5.49. The molecule has 2 aliphatic rings. The maximum atomic E-state index is 14.3. The van der Waals surface area contributed by atoms with E-state index in [1.807, 2.05) is 6.07 Å². The Morgan fingerprint density at radius 3 is 2.46 bits per heavy atom. The molecule has 1 aromatic heterocycles. The molecule has 1 saturated carbocycles. The molecular formula is C28H22Cl3FN4O3. The van der Waals surface area contributed by atoms with Gasteiger partial charge in [0, 0.05) is 23.2 Å². The van der Waals surface area contributed by atoms with Gasteiger partial charge in [0.2, 0.25) is 0 Å². The van der Waals surface area contributed by atoms with Gasteiger partial charge in [0.15, 0.2) is 17.4 Å². The fourth-order valence-corrected chi connectivity index (χ4v) is 5.48. The number of anilines is 1. The van der Waals surface area contributed by atoms with Crippen molar-refractivity contribution < 1.29 is 19.0 Å². The van der Waals surface area contributed by atoms with Gasteiger partial charge in [0.05, 0.1) is 45.0 Å². The molecule has 0 amide bonds. The number of nitriles is 1. The van der Waals surface area contributed by atoms with Crippen molar-refractivity contribution in [2.45, 2.75) is 18.4 Å². The van der Waals surface area contributed by atoms with Crippen molar-refractivity contribution in [2.75, 3.05) is 24.6 Å². The van der Waals surface area contributed by atoms with Gasteiger partial charge in [-0.25, -0.2) is 9.37 Å². The lowest BCUT2D eigenvalue weighted by Crippen LogP contribution is -2.60. The molecule has 0 bridgehead atoms. The molecule has 2 fully saturated rings. The van der Waals surface area contributed by atoms with Gasteiger partial charge in [-0.3, -0.25) is 4.79 Å². The number of pyridine rings is 1. The molecule has 2 aromatic carbocycles. The van der Waals surface area contributed by atoms with Gasteiger partial charge in [-0.2, -0.15) is 5.26 Å². The second kappa shape index (κ2) is 10.7. The molecule has 5 rings (SSSR count). The van der Waals surface area contributed by atoms with Gasteiger partial charge in [-0.1, -0.05) is 46.9 Å². The highest BCUT2D eigenvalue weighted by Gasteiger charge is 2.45. The van der Waals surface area contributed by atoms with Crippen molar-refractivity contribution in [1.29, 1.82) is 5.26 Å². The van der Waals surface area contributed by atoms with E-state index in [1.54, 1.807) is 35.2 Å². The molecule has 1 aliphatic heterocycles. The van der Waals surface area contributed by atoms with Gasteiger partial charge in [-0.15, -0.1) is 0 Å². The Morgan fingerprint density at radius 2 is 1.87 bits per heavy atom. The van der Waals surface area contributed by atoms with Crippen LogP contribution in [-0.4, -0.2) is 35.6 Å². The zero-order valence-electron chi connectivity index (χ0n) is 20.4. The quantitative estimate of drug-likeness (QED) is 0.335. The van der Waals surface area contributed by atoms with Gasteiger partial charge in [-0.05, 0) is 43.2 Å². The zero-order chi connectivity index (χ0) is 27.9. The standard InChI is InChI=1S/C28H22Cl3FN4O3/c29-20-2-1-3-21(30)24(20)25(34)18(26(37)16-4-5-16)12-39-17-6-7-19(22(31)9-17)28(38)13-36(14-28)27-23(32)8-15(10-33)11-35-27/h1-3,6-9,11,16,38H,4-5,12-14,34H2. The van der Waals surface area contributed by atoms with Crippen molar-refractivity contribution >= 4 is 52.1 Å². The maximum Gasteiger partial charge on any atom is 0.167 e. The summed E-state index contributed by atoms with van der Waals surface area (Å²) in [6, 6.07) is 12.7. The number of carbonyl (C=O) groups excluding carboxylic acids is 1. The van der Waals surface area contributed by atoms with Crippen LogP contribution in [0, 0.1) is 23.1 Å². The van der Waals surface area contributed by atoms with Gasteiger partial charge < -0.3 is 20.5 Å². The molecule has 11 heteroatoms. The Morgan fingerprint density at radius 1 is 1.18 bits per heavy atom. The molecule has 0 unspecified atom stereocenters. The summed E-state index contributed by atoms with van der Waals surface area (Å²) in [5.74, 6) is -0.458. The topological polar surface area (TPSA) is 112 Å². The molecule has 2 heterocycles. The summed E-state index contributed by atoms with van der Waals surface area (Å²) >= 11 is 19.2. The molecule has 3 aromatic rings. The zero-order valence-corrected chi connectivity index (χ0v) is 22.7. The van der Waals surface area contributed by atoms with Crippen LogP contribution in [0.5, 0.6) is 5.75 Å². The molecule has 0 spiro atoms. The van der Waals surface area contributed by atoms with Gasteiger partial charge >= 0.3 is 0 Å². The second-order valence-electron chi connectivity index (χ2n) is 9.59. The fraction of sp³-hybridized carbons (Fsp3) is 0.250. The molecule has 3 N–H and O–H groups in total. The first-order valence-corrected chi connectivity index (χ1v) is 13.2. The number of Topliss-reactive ketones (excluding diaryl/α,β-unsaturated/α-hetero) is 1. The SMILES string of the molecule is N#Cc1cnc(N2CC(O)(c3ccc(OCC(C(=O)C4CC4)=C(N)c4c(Cl)cccc4Cl)cc3Cl)C2)c(F)c1. The molecular weight excluding hydrogens is 566 g/mol. The van der Waals surface area contributed by atoms with Crippen LogP contribution in [0.3, 0.4) is 0 Å². The van der Waals surface area contributed by atoms with Crippen molar-refractivity contribution in [3.8, 4) is 11.8 Å². The number of carbonyl (C=O) groups is 1. The Hall–Kier alpha value is -3.35. The lowest BCUT2D eigenvalue weighted by Gasteiger charge is -2.47. The number of ether oxygens (including phenoxy) is 1. The summed E-state index contributed by atoms with van der Waals surface area (Å²) in [4.78, 5) is 18.6. The first kappa shape index (κ1) is 27.2. The van der Waals surface area contributed by atoms with Crippen LogP contribution < -0.4 is 15.4 Å². The van der Waals surface area contributed by atoms with Gasteiger partial charge in [0.25, 0.3) is 0 Å². The minimum Gasteiger partial charge on any atom is -0.489 e. The highest BCUT2D eigenvalue weighted by molar-refractivity contribution is 6.37. The van der Waals surface area contributed by atoms with Crippen molar-refractivity contribution in [3.05, 3.63) is 91.8 Å². The first-order valence-electron chi connectivity index (χ1n) is 12.0. The minimum atomic E-state index is -1.34. The number of aliphatic hydroxyl groups is 1. The van der Waals surface area contributed by atoms with Crippen molar-refractivity contribution in [1.82, 2.24) is 4.98 Å². The molecule has 1 saturated heterocycles. The molecule has 1 aliphatic carbocycles. The number of ketones is 1. The van der Waals surface area contributed by atoms with Crippen LogP contribution in [-0.2, 0) is 10.4 Å². The molecule has 7 nitrogen and oxygen atoms in total. The summed E-state index contributed by atoms with van der Waals surface area (Å²) in [6.45, 7) is -0.0125. The first-order chi connectivity index (χ1) is 18.6. The Bertz CT molecular complexity index is 1530. The average molecular weight is 588 g/mol. The maximum absolute atomic E-state index is 14.3. The molecule has 200 valence electrons. The Balaban J connectivity index is 1.33. The Kier molecular flexibility index (Phi) is 7.45. The lowest BCUT2D eigenvalue weighted by atomic mass is 9.86. The number of aromatic nitrogens is 1. The highest BCUT2D eigenvalue weighted by atomic mass is 35.5. The van der Waals surface area contributed by atoms with E-state index in [0.29, 0.717) is 26.9 Å². The summed E-state index contributed by atoms with van der Waals surface area (Å²) in [6.07, 6.45) is 2.84. The minimum absolute atomic E-state index is 0.0469. The van der Waals surface area contributed by atoms with E-state index in [1.165, 1.54) is 12.3 Å². The normalized spacial score (nSPS) is 16.7. The highest BCUT2D eigenvalue weighted by Crippen LogP contribution is 2.40. The van der Waals surface area contributed by atoms with Crippen LogP contribution in [0.4, 0.5) is 10.2 Å². The number of nitrogens with zero attached hydrogens (tertiary/aromatic N) is 3. The molecule has 0 radical (unpaired) electrons. The molecule has 0 atom stereocenters. The third-order valence-electron chi connectivity index (χ3n) is 6.78. The van der Waals surface area contributed by atoms with Gasteiger partial charge in [0.1, 0.15) is 24.0 Å². The summed E-state index contributed by atoms with van der Waals surface area (Å²) in [5.41, 5.74) is 6.43. The number of rotatable bonds is 8.